The lowest BCUT2D eigenvalue weighted by atomic mass is 9.96. The summed E-state index contributed by atoms with van der Waals surface area (Å²) in [6, 6.07) is 11.7. The van der Waals surface area contributed by atoms with E-state index in [-0.39, 0.29) is 6.04 Å². The fourth-order valence-corrected chi connectivity index (χ4v) is 2.91. The fourth-order valence-electron chi connectivity index (χ4n) is 2.39. The molecule has 2 rings (SSSR count). The van der Waals surface area contributed by atoms with Gasteiger partial charge in [0.2, 0.25) is 0 Å². The average molecular weight is 324 g/mol. The number of nitrogens with one attached hydrogen (secondary N) is 1. The van der Waals surface area contributed by atoms with Gasteiger partial charge in [-0.2, -0.15) is 0 Å². The monoisotopic (exact) mass is 323 g/mol. The van der Waals surface area contributed by atoms with Crippen LogP contribution in [-0.2, 0) is 0 Å². The molecule has 0 amide bonds. The van der Waals surface area contributed by atoms with Crippen LogP contribution in [0.4, 0.5) is 0 Å². The lowest BCUT2D eigenvalue weighted by Gasteiger charge is -2.22. The highest BCUT2D eigenvalue weighted by molar-refractivity contribution is 6.35. The van der Waals surface area contributed by atoms with Crippen LogP contribution < -0.4 is 10.1 Å². The quantitative estimate of drug-likeness (QED) is 0.835. The van der Waals surface area contributed by atoms with Gasteiger partial charge in [0, 0.05) is 15.6 Å². The normalized spacial score (nSPS) is 12.2. The lowest BCUT2D eigenvalue weighted by molar-refractivity contribution is 0.334. The highest BCUT2D eigenvalue weighted by atomic mass is 35.5. The second-order valence-electron chi connectivity index (χ2n) is 4.86. The molecule has 0 saturated carbocycles. The first-order chi connectivity index (χ1) is 10.1. The van der Waals surface area contributed by atoms with E-state index >= 15 is 0 Å². The number of hydrogen-bond donors (Lipinski definition) is 1. The third-order valence-electron chi connectivity index (χ3n) is 3.34. The number of hydrogen-bond acceptors (Lipinski definition) is 2. The number of aryl methyl sites for hydroxylation is 1. The van der Waals surface area contributed by atoms with Crippen LogP contribution in [0.1, 0.15) is 29.7 Å². The van der Waals surface area contributed by atoms with Gasteiger partial charge in [0.15, 0.2) is 0 Å². The van der Waals surface area contributed by atoms with Crippen LogP contribution in [-0.4, -0.2) is 13.7 Å². The summed E-state index contributed by atoms with van der Waals surface area (Å²) in [6.07, 6.45) is 0. The molecular weight excluding hydrogens is 305 g/mol. The maximum Gasteiger partial charge on any atom is 0.124 e. The molecule has 0 radical (unpaired) electrons. The Hall–Kier alpha value is -1.22. The van der Waals surface area contributed by atoms with Gasteiger partial charge >= 0.3 is 0 Å². The predicted octanol–water partition coefficient (Wildman–Crippen LogP) is 5.01. The summed E-state index contributed by atoms with van der Waals surface area (Å²) in [7, 11) is 1.91. The summed E-state index contributed by atoms with van der Waals surface area (Å²) in [4.78, 5) is 0. The molecule has 0 saturated heterocycles. The highest BCUT2D eigenvalue weighted by Crippen LogP contribution is 2.35. The average Bonchev–Trinajstić information content (AvgIpc) is 2.45. The maximum atomic E-state index is 6.36. The molecule has 0 aliphatic carbocycles. The van der Waals surface area contributed by atoms with Crippen LogP contribution in [0, 0.1) is 6.92 Å². The number of halogens is 2. The minimum atomic E-state index is -0.0452. The molecule has 0 aromatic heterocycles. The molecule has 0 spiro atoms. The Morgan fingerprint density at radius 2 is 1.86 bits per heavy atom. The highest BCUT2D eigenvalue weighted by Gasteiger charge is 2.19. The molecule has 0 aliphatic rings. The Morgan fingerprint density at radius 1 is 1.10 bits per heavy atom. The first-order valence-electron chi connectivity index (χ1n) is 6.92. The van der Waals surface area contributed by atoms with E-state index in [9.17, 15) is 0 Å². The number of ether oxygens (including phenoxy) is 1. The van der Waals surface area contributed by atoms with Crippen LogP contribution in [0.2, 0.25) is 10.0 Å². The zero-order valence-corrected chi connectivity index (χ0v) is 13.9. The summed E-state index contributed by atoms with van der Waals surface area (Å²) in [5.74, 6) is 0.869. The number of benzene rings is 2. The molecule has 21 heavy (non-hydrogen) atoms. The smallest absolute Gasteiger partial charge is 0.124 e. The van der Waals surface area contributed by atoms with E-state index in [1.165, 1.54) is 5.56 Å². The Labute approximate surface area is 136 Å². The molecule has 0 aliphatic heterocycles. The largest absolute Gasteiger partial charge is 0.494 e. The zero-order valence-electron chi connectivity index (χ0n) is 12.4. The van der Waals surface area contributed by atoms with Gasteiger partial charge in [-0.05, 0) is 44.7 Å². The van der Waals surface area contributed by atoms with Crippen molar-refractivity contribution in [3.8, 4) is 5.75 Å². The molecule has 2 aromatic carbocycles. The second kappa shape index (κ2) is 7.17. The van der Waals surface area contributed by atoms with Gasteiger partial charge < -0.3 is 10.1 Å². The van der Waals surface area contributed by atoms with Crippen molar-refractivity contribution in [2.45, 2.75) is 19.9 Å². The molecule has 2 nitrogen and oxygen atoms in total. The van der Waals surface area contributed by atoms with Gasteiger partial charge in [-0.15, -0.1) is 0 Å². The van der Waals surface area contributed by atoms with Crippen molar-refractivity contribution in [2.24, 2.45) is 0 Å². The van der Waals surface area contributed by atoms with E-state index in [0.29, 0.717) is 16.7 Å². The molecule has 1 atom stereocenters. The Morgan fingerprint density at radius 3 is 2.48 bits per heavy atom. The van der Waals surface area contributed by atoms with Crippen molar-refractivity contribution in [1.82, 2.24) is 5.32 Å². The Bertz CT molecular complexity index is 628. The van der Waals surface area contributed by atoms with Crippen LogP contribution in [0.5, 0.6) is 5.75 Å². The van der Waals surface area contributed by atoms with Gasteiger partial charge in [0.25, 0.3) is 0 Å². The SMILES string of the molecule is CCOc1ccc(C)cc1C(NC)c1ccc(Cl)cc1Cl. The van der Waals surface area contributed by atoms with Crippen LogP contribution in [0.3, 0.4) is 0 Å². The standard InChI is InChI=1S/C17H19Cl2NO/c1-4-21-16-8-5-11(2)9-14(16)17(20-3)13-7-6-12(18)10-15(13)19/h5-10,17,20H,4H2,1-3H3. The van der Waals surface area contributed by atoms with Crippen molar-refractivity contribution >= 4 is 23.2 Å². The van der Waals surface area contributed by atoms with Crippen molar-refractivity contribution in [2.75, 3.05) is 13.7 Å². The third-order valence-corrected chi connectivity index (χ3v) is 3.90. The van der Waals surface area contributed by atoms with E-state index in [1.807, 2.05) is 38.2 Å². The first kappa shape index (κ1) is 16.2. The van der Waals surface area contributed by atoms with E-state index in [4.69, 9.17) is 27.9 Å². The molecule has 4 heteroatoms. The minimum absolute atomic E-state index is 0.0452. The molecule has 1 N–H and O–H groups in total. The van der Waals surface area contributed by atoms with Gasteiger partial charge in [-0.3, -0.25) is 0 Å². The van der Waals surface area contributed by atoms with Crippen molar-refractivity contribution in [3.63, 3.8) is 0 Å². The third kappa shape index (κ3) is 3.70. The molecule has 0 heterocycles. The lowest BCUT2D eigenvalue weighted by Crippen LogP contribution is -2.19. The van der Waals surface area contributed by atoms with Crippen LogP contribution >= 0.6 is 23.2 Å². The van der Waals surface area contributed by atoms with Gasteiger partial charge in [0.1, 0.15) is 5.75 Å². The summed E-state index contributed by atoms with van der Waals surface area (Å²) in [6.45, 7) is 4.67. The van der Waals surface area contributed by atoms with Crippen molar-refractivity contribution in [3.05, 3.63) is 63.1 Å². The van der Waals surface area contributed by atoms with E-state index in [0.717, 1.165) is 16.9 Å². The van der Waals surface area contributed by atoms with Gasteiger partial charge in [-0.25, -0.2) is 0 Å². The summed E-state index contributed by atoms with van der Waals surface area (Å²) in [5, 5.41) is 4.59. The molecule has 0 bridgehead atoms. The molecule has 112 valence electrons. The fraction of sp³-hybridized carbons (Fsp3) is 0.294. The minimum Gasteiger partial charge on any atom is -0.494 e. The zero-order chi connectivity index (χ0) is 15.4. The molecular formula is C17H19Cl2NO. The Balaban J connectivity index is 2.52. The van der Waals surface area contributed by atoms with Gasteiger partial charge in [0.05, 0.1) is 12.6 Å². The van der Waals surface area contributed by atoms with Crippen molar-refractivity contribution < 1.29 is 4.74 Å². The number of rotatable bonds is 5. The second-order valence-corrected chi connectivity index (χ2v) is 5.71. The summed E-state index contributed by atoms with van der Waals surface area (Å²) in [5.41, 5.74) is 3.23. The summed E-state index contributed by atoms with van der Waals surface area (Å²) < 4.78 is 5.75. The molecule has 2 aromatic rings. The molecule has 1 unspecified atom stereocenters. The maximum absolute atomic E-state index is 6.36. The van der Waals surface area contributed by atoms with E-state index < -0.39 is 0 Å². The molecule has 0 fully saturated rings. The summed E-state index contributed by atoms with van der Waals surface area (Å²) >= 11 is 12.3. The predicted molar refractivity (Wildman–Crippen MR) is 89.7 cm³/mol. The Kier molecular flexibility index (Phi) is 5.51. The van der Waals surface area contributed by atoms with E-state index in [2.05, 4.69) is 18.3 Å². The first-order valence-corrected chi connectivity index (χ1v) is 7.68. The van der Waals surface area contributed by atoms with Crippen LogP contribution in [0.25, 0.3) is 0 Å². The van der Waals surface area contributed by atoms with Crippen LogP contribution in [0.15, 0.2) is 36.4 Å². The van der Waals surface area contributed by atoms with E-state index in [1.54, 1.807) is 6.07 Å². The topological polar surface area (TPSA) is 21.3 Å². The van der Waals surface area contributed by atoms with Crippen molar-refractivity contribution in [1.29, 1.82) is 0 Å². The van der Waals surface area contributed by atoms with Gasteiger partial charge in [-0.1, -0.05) is 47.0 Å².